The van der Waals surface area contributed by atoms with Crippen LogP contribution in [0.25, 0.3) is 0 Å². The number of anilines is 1. The summed E-state index contributed by atoms with van der Waals surface area (Å²) in [6, 6.07) is 6.53. The van der Waals surface area contributed by atoms with E-state index in [-0.39, 0.29) is 18.4 Å². The lowest BCUT2D eigenvalue weighted by Gasteiger charge is -2.38. The molecule has 2 N–H and O–H groups in total. The van der Waals surface area contributed by atoms with Gasteiger partial charge in [-0.1, -0.05) is 6.07 Å². The van der Waals surface area contributed by atoms with E-state index >= 15 is 0 Å². The van der Waals surface area contributed by atoms with Crippen molar-refractivity contribution in [3.8, 4) is 11.8 Å². The van der Waals surface area contributed by atoms with Crippen molar-refractivity contribution in [1.29, 1.82) is 5.26 Å². The van der Waals surface area contributed by atoms with Gasteiger partial charge in [0, 0.05) is 19.0 Å². The Labute approximate surface area is 121 Å². The normalized spacial score (nSPS) is 14.0. The minimum absolute atomic E-state index is 0.0126. The van der Waals surface area contributed by atoms with Crippen molar-refractivity contribution >= 4 is 17.7 Å². The SMILES string of the molecule is COc1cccc(C#N)c1NC(=O)N1CC(CC(=O)O)C1. The largest absolute Gasteiger partial charge is 0.495 e. The number of para-hydroxylation sites is 1. The molecule has 1 fully saturated rings. The predicted octanol–water partition coefficient (Wildman–Crippen LogP) is 1.51. The number of carboxylic acids is 1. The molecule has 0 radical (unpaired) electrons. The van der Waals surface area contributed by atoms with Gasteiger partial charge in [0.05, 0.1) is 19.1 Å². The lowest BCUT2D eigenvalue weighted by molar-refractivity contribution is -0.139. The first kappa shape index (κ1) is 14.7. The van der Waals surface area contributed by atoms with Crippen molar-refractivity contribution in [2.75, 3.05) is 25.5 Å². The standard InChI is InChI=1S/C14H15N3O4/c1-21-11-4-2-3-10(6-15)13(11)16-14(20)17-7-9(8-17)5-12(18)19/h2-4,9H,5,7-8H2,1H3,(H,16,20)(H,18,19). The molecule has 1 aromatic rings. The van der Waals surface area contributed by atoms with Crippen LogP contribution in [-0.4, -0.2) is 42.2 Å². The van der Waals surface area contributed by atoms with Gasteiger partial charge in [0.2, 0.25) is 0 Å². The third-order valence-corrected chi connectivity index (χ3v) is 3.31. The number of carbonyl (C=O) groups excluding carboxylic acids is 1. The molecule has 0 spiro atoms. The Morgan fingerprint density at radius 3 is 2.81 bits per heavy atom. The fourth-order valence-corrected chi connectivity index (χ4v) is 2.22. The monoisotopic (exact) mass is 289 g/mol. The smallest absolute Gasteiger partial charge is 0.322 e. The van der Waals surface area contributed by atoms with Gasteiger partial charge in [-0.05, 0) is 12.1 Å². The third-order valence-electron chi connectivity index (χ3n) is 3.31. The summed E-state index contributed by atoms with van der Waals surface area (Å²) in [6.45, 7) is 0.796. The number of hydrogen-bond donors (Lipinski definition) is 2. The molecule has 1 aromatic carbocycles. The Kier molecular flexibility index (Phi) is 4.28. The molecule has 0 atom stereocenters. The maximum absolute atomic E-state index is 12.1. The average Bonchev–Trinajstić information content (AvgIpc) is 2.42. The van der Waals surface area contributed by atoms with Crippen molar-refractivity contribution in [3.63, 3.8) is 0 Å². The molecule has 110 valence electrons. The molecule has 0 saturated carbocycles. The second-order valence-electron chi connectivity index (χ2n) is 4.79. The first-order valence-corrected chi connectivity index (χ1v) is 6.40. The number of urea groups is 1. The molecule has 7 heteroatoms. The number of ether oxygens (including phenoxy) is 1. The number of carbonyl (C=O) groups is 2. The van der Waals surface area contributed by atoms with Gasteiger partial charge >= 0.3 is 12.0 Å². The van der Waals surface area contributed by atoms with E-state index in [1.54, 1.807) is 18.2 Å². The minimum atomic E-state index is -0.864. The van der Waals surface area contributed by atoms with Gasteiger partial charge in [-0.2, -0.15) is 5.26 Å². The topological polar surface area (TPSA) is 103 Å². The van der Waals surface area contributed by atoms with Gasteiger partial charge < -0.3 is 20.1 Å². The molecule has 1 saturated heterocycles. The van der Waals surface area contributed by atoms with Crippen LogP contribution in [0.2, 0.25) is 0 Å². The highest BCUT2D eigenvalue weighted by atomic mass is 16.5. The molecule has 7 nitrogen and oxygen atoms in total. The fourth-order valence-electron chi connectivity index (χ4n) is 2.22. The van der Waals surface area contributed by atoms with E-state index in [1.165, 1.54) is 12.0 Å². The number of nitrogens with zero attached hydrogens (tertiary/aromatic N) is 2. The summed E-state index contributed by atoms with van der Waals surface area (Å²) >= 11 is 0. The highest BCUT2D eigenvalue weighted by Crippen LogP contribution is 2.29. The highest BCUT2D eigenvalue weighted by molar-refractivity contribution is 5.93. The van der Waals surface area contributed by atoms with E-state index in [4.69, 9.17) is 15.1 Å². The van der Waals surface area contributed by atoms with Crippen molar-refractivity contribution in [2.24, 2.45) is 5.92 Å². The predicted molar refractivity (Wildman–Crippen MR) is 74.0 cm³/mol. The molecule has 0 aromatic heterocycles. The van der Waals surface area contributed by atoms with Crippen LogP contribution in [0, 0.1) is 17.2 Å². The number of amides is 2. The molecule has 2 rings (SSSR count). The van der Waals surface area contributed by atoms with Crippen molar-refractivity contribution in [1.82, 2.24) is 4.90 Å². The second-order valence-corrected chi connectivity index (χ2v) is 4.79. The molecule has 1 aliphatic heterocycles. The van der Waals surface area contributed by atoms with Crippen LogP contribution in [0.15, 0.2) is 18.2 Å². The quantitative estimate of drug-likeness (QED) is 0.874. The zero-order chi connectivity index (χ0) is 15.4. The Hall–Kier alpha value is -2.75. The first-order valence-electron chi connectivity index (χ1n) is 6.40. The van der Waals surface area contributed by atoms with Gasteiger partial charge in [0.1, 0.15) is 17.5 Å². The average molecular weight is 289 g/mol. The van der Waals surface area contributed by atoms with Crippen LogP contribution in [0.5, 0.6) is 5.75 Å². The van der Waals surface area contributed by atoms with Crippen LogP contribution in [0.3, 0.4) is 0 Å². The number of nitriles is 1. The maximum atomic E-state index is 12.1. The maximum Gasteiger partial charge on any atom is 0.322 e. The molecular weight excluding hydrogens is 274 g/mol. The van der Waals surface area contributed by atoms with Crippen LogP contribution >= 0.6 is 0 Å². The molecule has 1 heterocycles. The van der Waals surface area contributed by atoms with Crippen LogP contribution in [0.4, 0.5) is 10.5 Å². The van der Waals surface area contributed by atoms with Crippen molar-refractivity contribution < 1.29 is 19.4 Å². The Morgan fingerprint density at radius 1 is 1.52 bits per heavy atom. The third kappa shape index (κ3) is 3.23. The lowest BCUT2D eigenvalue weighted by atomic mass is 9.97. The Bertz CT molecular complexity index is 603. The summed E-state index contributed by atoms with van der Waals surface area (Å²) in [7, 11) is 1.46. The summed E-state index contributed by atoms with van der Waals surface area (Å²) in [5.41, 5.74) is 0.638. The Balaban J connectivity index is 2.02. The second kappa shape index (κ2) is 6.13. The molecule has 0 unspecified atom stereocenters. The number of carboxylic acid groups (broad SMARTS) is 1. The summed E-state index contributed by atoms with van der Waals surface area (Å²) in [4.78, 5) is 24.1. The van der Waals surface area contributed by atoms with E-state index in [0.717, 1.165) is 0 Å². The van der Waals surface area contributed by atoms with E-state index < -0.39 is 5.97 Å². The lowest BCUT2D eigenvalue weighted by Crippen LogP contribution is -2.52. The molecule has 0 aliphatic carbocycles. The van der Waals surface area contributed by atoms with Crippen molar-refractivity contribution in [2.45, 2.75) is 6.42 Å². The zero-order valence-electron chi connectivity index (χ0n) is 11.5. The molecule has 1 aliphatic rings. The number of nitrogens with one attached hydrogen (secondary N) is 1. The number of rotatable bonds is 4. The van der Waals surface area contributed by atoms with Crippen LogP contribution < -0.4 is 10.1 Å². The van der Waals surface area contributed by atoms with E-state index in [2.05, 4.69) is 5.32 Å². The number of likely N-dealkylation sites (tertiary alicyclic amines) is 1. The number of benzene rings is 1. The summed E-state index contributed by atoms with van der Waals surface area (Å²) in [5, 5.41) is 20.4. The summed E-state index contributed by atoms with van der Waals surface area (Å²) < 4.78 is 5.13. The zero-order valence-corrected chi connectivity index (χ0v) is 11.5. The first-order chi connectivity index (χ1) is 10.0. The number of methoxy groups -OCH3 is 1. The minimum Gasteiger partial charge on any atom is -0.495 e. The van der Waals surface area contributed by atoms with Crippen LogP contribution in [-0.2, 0) is 4.79 Å². The molecule has 2 amide bonds. The molecular formula is C14H15N3O4. The van der Waals surface area contributed by atoms with Gasteiger partial charge in [0.15, 0.2) is 0 Å². The van der Waals surface area contributed by atoms with Gasteiger partial charge in [-0.15, -0.1) is 0 Å². The van der Waals surface area contributed by atoms with Gasteiger partial charge in [0.25, 0.3) is 0 Å². The Morgan fingerprint density at radius 2 is 2.24 bits per heavy atom. The summed E-state index contributed by atoms with van der Waals surface area (Å²) in [5.74, 6) is -0.470. The van der Waals surface area contributed by atoms with Crippen LogP contribution in [0.1, 0.15) is 12.0 Å². The summed E-state index contributed by atoms with van der Waals surface area (Å²) in [6.07, 6.45) is 0.0574. The fraction of sp³-hybridized carbons (Fsp3) is 0.357. The number of hydrogen-bond acceptors (Lipinski definition) is 4. The van der Waals surface area contributed by atoms with E-state index in [1.807, 2.05) is 6.07 Å². The van der Waals surface area contributed by atoms with E-state index in [0.29, 0.717) is 30.1 Å². The number of aliphatic carboxylic acids is 1. The molecule has 0 bridgehead atoms. The van der Waals surface area contributed by atoms with E-state index in [9.17, 15) is 9.59 Å². The van der Waals surface area contributed by atoms with Gasteiger partial charge in [-0.25, -0.2) is 4.79 Å². The van der Waals surface area contributed by atoms with Gasteiger partial charge in [-0.3, -0.25) is 4.79 Å². The highest BCUT2D eigenvalue weighted by Gasteiger charge is 2.32. The molecule has 21 heavy (non-hydrogen) atoms. The van der Waals surface area contributed by atoms with Crippen molar-refractivity contribution in [3.05, 3.63) is 23.8 Å².